The molecule has 0 aromatic carbocycles. The predicted octanol–water partition coefficient (Wildman–Crippen LogP) is 3.45. The zero-order valence-corrected chi connectivity index (χ0v) is 19.1. The van der Waals surface area contributed by atoms with E-state index >= 15 is 0 Å². The van der Waals surface area contributed by atoms with Crippen LogP contribution in [0.15, 0.2) is 28.0 Å². The molecule has 0 atom stereocenters. The van der Waals surface area contributed by atoms with Crippen LogP contribution in [0, 0.1) is 6.92 Å². The van der Waals surface area contributed by atoms with Gasteiger partial charge >= 0.3 is 0 Å². The molecule has 0 unspecified atom stereocenters. The van der Waals surface area contributed by atoms with E-state index in [-0.39, 0.29) is 11.5 Å². The largest absolute Gasteiger partial charge is 0.383 e. The van der Waals surface area contributed by atoms with Gasteiger partial charge in [0, 0.05) is 19.9 Å². The summed E-state index contributed by atoms with van der Waals surface area (Å²) in [7, 11) is 1.58. The maximum atomic E-state index is 13.3. The average Bonchev–Trinajstić information content (AvgIpc) is 2.99. The number of carbonyl (C=O) groups excluding carboxylic acids is 1. The molecule has 1 amide bonds. The number of nitrogens with one attached hydrogen (secondary N) is 1. The fourth-order valence-electron chi connectivity index (χ4n) is 3.16. The number of amides is 1. The minimum atomic E-state index is -0.219. The number of hydrogen-bond acceptors (Lipinski definition) is 7. The number of carbonyl (C=O) groups is 1. The minimum Gasteiger partial charge on any atom is -0.383 e. The first-order valence-corrected chi connectivity index (χ1v) is 11.2. The van der Waals surface area contributed by atoms with Crippen molar-refractivity contribution < 1.29 is 9.53 Å². The Balaban J connectivity index is 2.04. The van der Waals surface area contributed by atoms with E-state index in [1.165, 1.54) is 21.1 Å². The summed E-state index contributed by atoms with van der Waals surface area (Å²) in [6.45, 7) is 5.54. The molecule has 0 aliphatic carbocycles. The van der Waals surface area contributed by atoms with Gasteiger partial charge < -0.3 is 10.1 Å². The molecule has 1 aliphatic heterocycles. The van der Waals surface area contributed by atoms with Crippen molar-refractivity contribution in [3.05, 3.63) is 44.7 Å². The van der Waals surface area contributed by atoms with Crippen molar-refractivity contribution in [1.82, 2.24) is 14.3 Å². The molecule has 160 valence electrons. The van der Waals surface area contributed by atoms with Crippen LogP contribution in [0.4, 0.5) is 5.82 Å². The number of methoxy groups -OCH3 is 1. The Morgan fingerprint density at radius 1 is 1.33 bits per heavy atom. The van der Waals surface area contributed by atoms with Crippen LogP contribution < -0.4 is 10.9 Å². The van der Waals surface area contributed by atoms with E-state index in [1.54, 1.807) is 19.4 Å². The molecule has 9 heteroatoms. The third kappa shape index (κ3) is 4.74. The summed E-state index contributed by atoms with van der Waals surface area (Å²) in [5.74, 6) is 0.278. The van der Waals surface area contributed by atoms with Gasteiger partial charge in [-0.15, -0.1) is 0 Å². The first kappa shape index (κ1) is 22.5. The molecule has 0 saturated carbocycles. The van der Waals surface area contributed by atoms with Crippen LogP contribution in [0.25, 0.3) is 11.7 Å². The fourth-order valence-corrected chi connectivity index (χ4v) is 4.46. The summed E-state index contributed by atoms with van der Waals surface area (Å²) >= 11 is 6.53. The van der Waals surface area contributed by atoms with Crippen LogP contribution in [0.3, 0.4) is 0 Å². The highest BCUT2D eigenvalue weighted by Crippen LogP contribution is 2.32. The third-order valence-electron chi connectivity index (χ3n) is 4.83. The van der Waals surface area contributed by atoms with Crippen molar-refractivity contribution in [3.63, 3.8) is 0 Å². The van der Waals surface area contributed by atoms with E-state index < -0.39 is 0 Å². The molecule has 1 aliphatic rings. The Kier molecular flexibility index (Phi) is 7.63. The second-order valence-electron chi connectivity index (χ2n) is 7.02. The van der Waals surface area contributed by atoms with Crippen molar-refractivity contribution in [2.75, 3.05) is 32.1 Å². The van der Waals surface area contributed by atoms with Crippen LogP contribution in [0.5, 0.6) is 0 Å². The number of rotatable bonds is 9. The first-order valence-electron chi connectivity index (χ1n) is 9.98. The molecular weight excluding hydrogens is 420 g/mol. The fraction of sp³-hybridized carbons (Fsp3) is 0.429. The van der Waals surface area contributed by atoms with Crippen LogP contribution in [0.1, 0.15) is 37.3 Å². The number of thioether (sulfide) groups is 1. The standard InChI is InChI=1S/C21H26N4O3S2/c1-4-5-6-9-22-17-15(19(26)24-10-7-8-14(2)18(24)23-17)13-16-20(27)25(11-12-28-3)21(29)30-16/h7-8,10,13,22H,4-6,9,11-12H2,1-3H3. The van der Waals surface area contributed by atoms with Crippen LogP contribution in [-0.2, 0) is 9.53 Å². The number of aryl methyl sites for hydroxylation is 1. The molecular formula is C21H26N4O3S2. The molecule has 3 rings (SSSR count). The number of unbranched alkanes of at least 4 members (excludes halogenated alkanes) is 2. The average molecular weight is 447 g/mol. The zero-order valence-electron chi connectivity index (χ0n) is 17.4. The molecule has 3 heterocycles. The first-order chi connectivity index (χ1) is 14.5. The number of hydrogen-bond donors (Lipinski definition) is 1. The summed E-state index contributed by atoms with van der Waals surface area (Å²) in [6.07, 6.45) is 6.47. The Hall–Kier alpha value is -2.23. The van der Waals surface area contributed by atoms with Gasteiger partial charge in [0.05, 0.1) is 23.6 Å². The maximum Gasteiger partial charge on any atom is 0.267 e. The van der Waals surface area contributed by atoms with Gasteiger partial charge in [0.25, 0.3) is 11.5 Å². The van der Waals surface area contributed by atoms with Gasteiger partial charge in [-0.05, 0) is 31.1 Å². The van der Waals surface area contributed by atoms with Crippen LogP contribution in [0.2, 0.25) is 0 Å². The third-order valence-corrected chi connectivity index (χ3v) is 6.20. The summed E-state index contributed by atoms with van der Waals surface area (Å²) in [6, 6.07) is 3.73. The van der Waals surface area contributed by atoms with Gasteiger partial charge in [0.2, 0.25) is 0 Å². The molecule has 2 aromatic rings. The lowest BCUT2D eigenvalue weighted by Gasteiger charge is -2.13. The van der Waals surface area contributed by atoms with Crippen molar-refractivity contribution >= 4 is 51.7 Å². The number of anilines is 1. The predicted molar refractivity (Wildman–Crippen MR) is 126 cm³/mol. The molecule has 0 spiro atoms. The Morgan fingerprint density at radius 3 is 2.87 bits per heavy atom. The molecule has 0 bridgehead atoms. The molecule has 7 nitrogen and oxygen atoms in total. The molecule has 0 radical (unpaired) electrons. The second-order valence-corrected chi connectivity index (χ2v) is 8.70. The zero-order chi connectivity index (χ0) is 21.7. The highest BCUT2D eigenvalue weighted by molar-refractivity contribution is 8.26. The Bertz CT molecular complexity index is 1050. The van der Waals surface area contributed by atoms with Gasteiger partial charge in [-0.1, -0.05) is 49.8 Å². The van der Waals surface area contributed by atoms with Crippen molar-refractivity contribution in [1.29, 1.82) is 0 Å². The number of nitrogens with zero attached hydrogens (tertiary/aromatic N) is 3. The number of ether oxygens (including phenoxy) is 1. The van der Waals surface area contributed by atoms with Crippen molar-refractivity contribution in [3.8, 4) is 0 Å². The molecule has 1 N–H and O–H groups in total. The molecule has 2 aromatic heterocycles. The molecule has 30 heavy (non-hydrogen) atoms. The Labute approximate surface area is 185 Å². The number of thiocarbonyl (C=S) groups is 1. The maximum absolute atomic E-state index is 13.3. The Morgan fingerprint density at radius 2 is 2.13 bits per heavy atom. The normalized spacial score (nSPS) is 15.6. The van der Waals surface area contributed by atoms with E-state index in [1.807, 2.05) is 19.1 Å². The summed E-state index contributed by atoms with van der Waals surface area (Å²) < 4.78 is 7.04. The lowest BCUT2D eigenvalue weighted by atomic mass is 10.2. The highest BCUT2D eigenvalue weighted by atomic mass is 32.2. The lowest BCUT2D eigenvalue weighted by Crippen LogP contribution is -2.31. The smallest absolute Gasteiger partial charge is 0.267 e. The van der Waals surface area contributed by atoms with E-state index in [0.29, 0.717) is 46.0 Å². The minimum absolute atomic E-state index is 0.215. The van der Waals surface area contributed by atoms with Gasteiger partial charge in [0.15, 0.2) is 0 Å². The van der Waals surface area contributed by atoms with E-state index in [9.17, 15) is 9.59 Å². The van der Waals surface area contributed by atoms with Gasteiger partial charge in [-0.3, -0.25) is 18.9 Å². The van der Waals surface area contributed by atoms with E-state index in [2.05, 4.69) is 12.2 Å². The summed E-state index contributed by atoms with van der Waals surface area (Å²) in [4.78, 5) is 32.7. The number of aromatic nitrogens is 2. The monoisotopic (exact) mass is 446 g/mol. The van der Waals surface area contributed by atoms with E-state index in [4.69, 9.17) is 21.9 Å². The van der Waals surface area contributed by atoms with E-state index in [0.717, 1.165) is 24.8 Å². The number of fused-ring (bicyclic) bond motifs is 1. The summed E-state index contributed by atoms with van der Waals surface area (Å²) in [5.41, 5.74) is 1.65. The number of pyridine rings is 1. The molecule has 1 saturated heterocycles. The van der Waals surface area contributed by atoms with Crippen LogP contribution in [-0.4, -0.2) is 51.3 Å². The quantitative estimate of drug-likeness (QED) is 0.359. The van der Waals surface area contributed by atoms with Crippen molar-refractivity contribution in [2.45, 2.75) is 33.1 Å². The van der Waals surface area contributed by atoms with Gasteiger partial charge in [0.1, 0.15) is 15.8 Å². The summed E-state index contributed by atoms with van der Waals surface area (Å²) in [5, 5.41) is 3.30. The lowest BCUT2D eigenvalue weighted by molar-refractivity contribution is -0.122. The topological polar surface area (TPSA) is 75.9 Å². The highest BCUT2D eigenvalue weighted by Gasteiger charge is 2.32. The van der Waals surface area contributed by atoms with Crippen molar-refractivity contribution in [2.24, 2.45) is 0 Å². The SMILES string of the molecule is CCCCCNc1nc2c(C)cccn2c(=O)c1C=C1SC(=S)N(CCOC)C1=O. The van der Waals surface area contributed by atoms with Crippen LogP contribution >= 0.6 is 24.0 Å². The van der Waals surface area contributed by atoms with Gasteiger partial charge in [-0.25, -0.2) is 4.98 Å². The van der Waals surface area contributed by atoms with Gasteiger partial charge in [-0.2, -0.15) is 0 Å². The second kappa shape index (κ2) is 10.2. The molecule has 1 fully saturated rings.